The van der Waals surface area contributed by atoms with Crippen molar-refractivity contribution in [3.63, 3.8) is 0 Å². The Morgan fingerprint density at radius 2 is 2.00 bits per heavy atom. The van der Waals surface area contributed by atoms with Crippen molar-refractivity contribution in [2.24, 2.45) is 0 Å². The maximum absolute atomic E-state index is 12.9. The van der Waals surface area contributed by atoms with Gasteiger partial charge in [-0.15, -0.1) is 0 Å². The molecule has 1 N–H and O–H groups in total. The van der Waals surface area contributed by atoms with Crippen molar-refractivity contribution in [1.29, 1.82) is 0 Å². The van der Waals surface area contributed by atoms with Gasteiger partial charge in [-0.05, 0) is 29.7 Å². The summed E-state index contributed by atoms with van der Waals surface area (Å²) in [5.74, 6) is 0.396. The van der Waals surface area contributed by atoms with E-state index in [9.17, 15) is 9.90 Å². The molecule has 2 heterocycles. The number of aliphatic hydroxyl groups is 1. The maximum atomic E-state index is 12.9. The SMILES string of the molecule is O=C(c1ccc(-c2ncon2)cc1)N1CCc2ccccc2C1CO. The van der Waals surface area contributed by atoms with Crippen LogP contribution in [0.5, 0.6) is 0 Å². The van der Waals surface area contributed by atoms with Crippen LogP contribution in [0.15, 0.2) is 59.4 Å². The van der Waals surface area contributed by atoms with Gasteiger partial charge in [0, 0.05) is 17.7 Å². The van der Waals surface area contributed by atoms with Crippen LogP contribution < -0.4 is 0 Å². The Bertz CT molecular complexity index is 875. The Morgan fingerprint density at radius 1 is 1.20 bits per heavy atom. The Labute approximate surface area is 144 Å². The second-order valence-corrected chi connectivity index (χ2v) is 5.98. The molecule has 1 aliphatic rings. The van der Waals surface area contributed by atoms with E-state index < -0.39 is 0 Å². The first-order chi connectivity index (χ1) is 12.3. The molecule has 1 aliphatic heterocycles. The molecule has 1 aromatic heterocycles. The number of fused-ring (bicyclic) bond motifs is 1. The van der Waals surface area contributed by atoms with Gasteiger partial charge in [0.1, 0.15) is 0 Å². The van der Waals surface area contributed by atoms with Gasteiger partial charge in [0.05, 0.1) is 12.6 Å². The molecule has 1 unspecified atom stereocenters. The topological polar surface area (TPSA) is 79.5 Å². The summed E-state index contributed by atoms with van der Waals surface area (Å²) in [7, 11) is 0. The average molecular weight is 335 g/mol. The fourth-order valence-electron chi connectivity index (χ4n) is 3.32. The van der Waals surface area contributed by atoms with Crippen molar-refractivity contribution in [1.82, 2.24) is 15.0 Å². The van der Waals surface area contributed by atoms with Gasteiger partial charge in [-0.25, -0.2) is 0 Å². The largest absolute Gasteiger partial charge is 0.394 e. The first-order valence-electron chi connectivity index (χ1n) is 8.14. The van der Waals surface area contributed by atoms with Crippen LogP contribution >= 0.6 is 0 Å². The monoisotopic (exact) mass is 335 g/mol. The smallest absolute Gasteiger partial charge is 0.254 e. The molecule has 0 aliphatic carbocycles. The quantitative estimate of drug-likeness (QED) is 0.795. The molecule has 0 fully saturated rings. The molecule has 25 heavy (non-hydrogen) atoms. The molecule has 0 spiro atoms. The normalized spacial score (nSPS) is 16.5. The second kappa shape index (κ2) is 6.49. The number of aliphatic hydroxyl groups excluding tert-OH is 1. The zero-order valence-electron chi connectivity index (χ0n) is 13.5. The predicted octanol–water partition coefficient (Wildman–Crippen LogP) is 2.47. The lowest BCUT2D eigenvalue weighted by molar-refractivity contribution is 0.0568. The number of carbonyl (C=O) groups is 1. The third-order valence-electron chi connectivity index (χ3n) is 4.60. The van der Waals surface area contributed by atoms with Crippen molar-refractivity contribution >= 4 is 5.91 Å². The summed E-state index contributed by atoms with van der Waals surface area (Å²) in [6.07, 6.45) is 2.06. The van der Waals surface area contributed by atoms with E-state index in [1.54, 1.807) is 29.2 Å². The van der Waals surface area contributed by atoms with Gasteiger partial charge in [0.25, 0.3) is 5.91 Å². The minimum atomic E-state index is -0.311. The molecule has 4 rings (SSSR count). The molecule has 0 saturated heterocycles. The number of carbonyl (C=O) groups excluding carboxylic acids is 1. The molecule has 0 saturated carbocycles. The van der Waals surface area contributed by atoms with Gasteiger partial charge in [-0.3, -0.25) is 4.79 Å². The number of amides is 1. The standard InChI is InChI=1S/C19H17N3O3/c23-11-17-16-4-2-1-3-13(16)9-10-22(17)19(24)15-7-5-14(6-8-15)18-20-12-25-21-18/h1-8,12,17,23H,9-11H2. The molecule has 2 aromatic carbocycles. The lowest BCUT2D eigenvalue weighted by Crippen LogP contribution is -2.41. The fourth-order valence-corrected chi connectivity index (χ4v) is 3.32. The Kier molecular flexibility index (Phi) is 4.03. The van der Waals surface area contributed by atoms with Crippen molar-refractivity contribution in [3.05, 3.63) is 71.6 Å². The summed E-state index contributed by atoms with van der Waals surface area (Å²) in [5, 5.41) is 13.6. The first kappa shape index (κ1) is 15.5. The highest BCUT2D eigenvalue weighted by Gasteiger charge is 2.30. The van der Waals surface area contributed by atoms with E-state index in [2.05, 4.69) is 16.2 Å². The number of hydrogen-bond donors (Lipinski definition) is 1. The van der Waals surface area contributed by atoms with Gasteiger partial charge < -0.3 is 14.5 Å². The number of rotatable bonds is 3. The third kappa shape index (κ3) is 2.81. The highest BCUT2D eigenvalue weighted by molar-refractivity contribution is 5.95. The van der Waals surface area contributed by atoms with Gasteiger partial charge in [0.15, 0.2) is 0 Å². The number of nitrogens with zero attached hydrogens (tertiary/aromatic N) is 3. The molecule has 0 radical (unpaired) electrons. The Morgan fingerprint density at radius 3 is 2.72 bits per heavy atom. The van der Waals surface area contributed by atoms with Crippen LogP contribution in [0.25, 0.3) is 11.4 Å². The average Bonchev–Trinajstić information content (AvgIpc) is 3.21. The van der Waals surface area contributed by atoms with E-state index in [0.29, 0.717) is 17.9 Å². The van der Waals surface area contributed by atoms with E-state index in [4.69, 9.17) is 4.52 Å². The summed E-state index contributed by atoms with van der Waals surface area (Å²) in [5.41, 5.74) is 3.57. The van der Waals surface area contributed by atoms with E-state index in [1.807, 2.05) is 18.2 Å². The maximum Gasteiger partial charge on any atom is 0.254 e. The van der Waals surface area contributed by atoms with E-state index >= 15 is 0 Å². The van der Waals surface area contributed by atoms with Gasteiger partial charge >= 0.3 is 0 Å². The van der Waals surface area contributed by atoms with Crippen molar-refractivity contribution < 1.29 is 14.4 Å². The van der Waals surface area contributed by atoms with Crippen LogP contribution in [0.3, 0.4) is 0 Å². The summed E-state index contributed by atoms with van der Waals surface area (Å²) >= 11 is 0. The van der Waals surface area contributed by atoms with Gasteiger partial charge in [0.2, 0.25) is 12.2 Å². The summed E-state index contributed by atoms with van der Waals surface area (Å²) in [6.45, 7) is 0.497. The molecule has 1 atom stereocenters. The summed E-state index contributed by atoms with van der Waals surface area (Å²) < 4.78 is 4.74. The molecule has 3 aromatic rings. The first-order valence-corrected chi connectivity index (χ1v) is 8.14. The predicted molar refractivity (Wildman–Crippen MR) is 90.7 cm³/mol. The van der Waals surface area contributed by atoms with Crippen LogP contribution in [0.4, 0.5) is 0 Å². The Hall–Kier alpha value is -2.99. The Balaban J connectivity index is 1.60. The fraction of sp³-hybridized carbons (Fsp3) is 0.211. The molecule has 0 bridgehead atoms. The van der Waals surface area contributed by atoms with Gasteiger partial charge in [-0.2, -0.15) is 4.98 Å². The molecule has 1 amide bonds. The lowest BCUT2D eigenvalue weighted by atomic mass is 9.92. The van der Waals surface area contributed by atoms with E-state index in [-0.39, 0.29) is 18.6 Å². The van der Waals surface area contributed by atoms with E-state index in [0.717, 1.165) is 17.5 Å². The minimum absolute atomic E-state index is 0.0896. The summed E-state index contributed by atoms with van der Waals surface area (Å²) in [6, 6.07) is 14.7. The molecule has 6 nitrogen and oxygen atoms in total. The number of aromatic nitrogens is 2. The second-order valence-electron chi connectivity index (χ2n) is 5.98. The van der Waals surface area contributed by atoms with Crippen LogP contribution in [0.2, 0.25) is 0 Å². The number of benzene rings is 2. The highest BCUT2D eigenvalue weighted by atomic mass is 16.5. The van der Waals surface area contributed by atoms with Crippen LogP contribution in [-0.2, 0) is 6.42 Å². The van der Waals surface area contributed by atoms with Gasteiger partial charge in [-0.1, -0.05) is 41.6 Å². The zero-order chi connectivity index (χ0) is 17.2. The molecular formula is C19H17N3O3. The van der Waals surface area contributed by atoms with E-state index in [1.165, 1.54) is 12.0 Å². The van der Waals surface area contributed by atoms with Crippen LogP contribution in [0.1, 0.15) is 27.5 Å². The summed E-state index contributed by atoms with van der Waals surface area (Å²) in [4.78, 5) is 18.7. The van der Waals surface area contributed by atoms with Crippen LogP contribution in [0, 0.1) is 0 Å². The van der Waals surface area contributed by atoms with Crippen molar-refractivity contribution in [2.45, 2.75) is 12.5 Å². The molecular weight excluding hydrogens is 318 g/mol. The highest BCUT2D eigenvalue weighted by Crippen LogP contribution is 2.30. The number of hydrogen-bond acceptors (Lipinski definition) is 5. The molecule has 6 heteroatoms. The lowest BCUT2D eigenvalue weighted by Gasteiger charge is -2.36. The van der Waals surface area contributed by atoms with Crippen molar-refractivity contribution in [3.8, 4) is 11.4 Å². The third-order valence-corrected chi connectivity index (χ3v) is 4.60. The zero-order valence-corrected chi connectivity index (χ0v) is 13.5. The van der Waals surface area contributed by atoms with Crippen molar-refractivity contribution in [2.75, 3.05) is 13.2 Å². The molecule has 126 valence electrons. The van der Waals surface area contributed by atoms with Crippen LogP contribution in [-0.4, -0.2) is 39.2 Å². The minimum Gasteiger partial charge on any atom is -0.394 e.